The Morgan fingerprint density at radius 3 is 1.03 bits per heavy atom. The largest absolute Gasteiger partial charge is 0.466 e. The molecule has 6 nitrogen and oxygen atoms in total. The van der Waals surface area contributed by atoms with Crippen LogP contribution in [0.4, 0.5) is 0 Å². The number of unbranched alkanes of at least 4 members (excludes halogenated alkanes) is 46. The van der Waals surface area contributed by atoms with Gasteiger partial charge in [0.15, 0.2) is 0 Å². The van der Waals surface area contributed by atoms with Crippen molar-refractivity contribution < 1.29 is 24.5 Å². The lowest BCUT2D eigenvalue weighted by Gasteiger charge is -2.22. The maximum absolute atomic E-state index is 12.5. The average Bonchev–Trinajstić information content (AvgIpc) is 3.41. The van der Waals surface area contributed by atoms with Crippen molar-refractivity contribution in [2.24, 2.45) is 0 Å². The van der Waals surface area contributed by atoms with Crippen molar-refractivity contribution in [1.29, 1.82) is 0 Å². The van der Waals surface area contributed by atoms with Gasteiger partial charge in [0, 0.05) is 12.8 Å². The minimum Gasteiger partial charge on any atom is -0.466 e. The van der Waals surface area contributed by atoms with Gasteiger partial charge in [0.1, 0.15) is 0 Å². The van der Waals surface area contributed by atoms with Gasteiger partial charge in [0.25, 0.3) is 0 Å². The third-order valence-corrected chi connectivity index (χ3v) is 15.7. The second-order valence-electron chi connectivity index (χ2n) is 23.1. The van der Waals surface area contributed by atoms with Gasteiger partial charge in [-0.1, -0.05) is 307 Å². The molecule has 0 rings (SSSR count). The first kappa shape index (κ1) is 73.1. The molecule has 0 aliphatic carbocycles. The van der Waals surface area contributed by atoms with Gasteiger partial charge in [0.2, 0.25) is 5.91 Å². The maximum atomic E-state index is 12.5. The lowest BCUT2D eigenvalue weighted by atomic mass is 10.0. The van der Waals surface area contributed by atoms with Gasteiger partial charge >= 0.3 is 5.97 Å². The van der Waals surface area contributed by atoms with Crippen LogP contribution in [-0.4, -0.2) is 47.4 Å². The second kappa shape index (κ2) is 64.6. The highest BCUT2D eigenvalue weighted by molar-refractivity contribution is 5.76. The Balaban J connectivity index is 3.40. The fourth-order valence-corrected chi connectivity index (χ4v) is 10.5. The number of esters is 1. The molecule has 442 valence electrons. The van der Waals surface area contributed by atoms with Crippen LogP contribution in [0.5, 0.6) is 0 Å². The number of allylic oxidation sites excluding steroid dienone is 6. The minimum absolute atomic E-state index is 0.00367. The first-order chi connectivity index (χ1) is 37.0. The highest BCUT2D eigenvalue weighted by Gasteiger charge is 2.20. The third-order valence-electron chi connectivity index (χ3n) is 15.7. The standard InChI is InChI=1S/C69H131NO5/c1-3-5-7-9-11-13-15-17-34-37-41-45-49-53-57-61-67(72)66(65-71)70-68(73)62-58-54-50-46-42-38-35-32-30-28-26-24-22-20-19-21-23-25-27-29-31-33-36-40-44-48-52-56-60-64-75-69(74)63-59-55-51-47-43-39-18-16-14-12-10-8-6-4-2/h16,18-19,21,25,27,66-67,71-72H,3-15,17,20,22-24,26,28-65H2,1-2H3,(H,70,73)/b18-16-,21-19-,27-25-. The first-order valence-corrected chi connectivity index (χ1v) is 33.7. The summed E-state index contributed by atoms with van der Waals surface area (Å²) in [5.74, 6) is -0.0303. The molecule has 0 saturated carbocycles. The van der Waals surface area contributed by atoms with Gasteiger partial charge in [0.05, 0.1) is 25.4 Å². The van der Waals surface area contributed by atoms with E-state index >= 15 is 0 Å². The van der Waals surface area contributed by atoms with Crippen molar-refractivity contribution in [3.05, 3.63) is 36.5 Å². The predicted molar refractivity (Wildman–Crippen MR) is 329 cm³/mol. The number of hydrogen-bond acceptors (Lipinski definition) is 5. The lowest BCUT2D eigenvalue weighted by Crippen LogP contribution is -2.45. The Morgan fingerprint density at radius 1 is 0.373 bits per heavy atom. The van der Waals surface area contributed by atoms with E-state index in [2.05, 4.69) is 55.6 Å². The minimum atomic E-state index is -0.665. The van der Waals surface area contributed by atoms with E-state index in [0.29, 0.717) is 25.9 Å². The molecule has 0 radical (unpaired) electrons. The molecule has 0 aromatic heterocycles. The second-order valence-corrected chi connectivity index (χ2v) is 23.1. The van der Waals surface area contributed by atoms with E-state index in [1.54, 1.807) is 0 Å². The zero-order valence-corrected chi connectivity index (χ0v) is 50.5. The summed E-state index contributed by atoms with van der Waals surface area (Å²) in [4.78, 5) is 24.5. The number of rotatable bonds is 63. The van der Waals surface area contributed by atoms with Crippen LogP contribution in [0.15, 0.2) is 36.5 Å². The fourth-order valence-electron chi connectivity index (χ4n) is 10.5. The van der Waals surface area contributed by atoms with E-state index in [-0.39, 0.29) is 18.5 Å². The SMILES string of the molecule is CCCCCCC/C=C\CCCCCCCC(=O)OCCCCCCCCCCC/C=C\C/C=C\CCCCCCCCCCCCCCCC(=O)NC(CO)C(O)CCCCCCCCCCCCCCCCC. The molecule has 75 heavy (non-hydrogen) atoms. The molecule has 0 aromatic carbocycles. The van der Waals surface area contributed by atoms with Gasteiger partial charge < -0.3 is 20.3 Å². The first-order valence-electron chi connectivity index (χ1n) is 33.7. The molecule has 0 aliphatic rings. The Kier molecular flexibility index (Phi) is 63.0. The summed E-state index contributed by atoms with van der Waals surface area (Å²) in [6.45, 7) is 4.96. The van der Waals surface area contributed by atoms with E-state index in [1.807, 2.05) is 0 Å². The molecule has 2 unspecified atom stereocenters. The predicted octanol–water partition coefficient (Wildman–Crippen LogP) is 21.5. The number of hydrogen-bond donors (Lipinski definition) is 3. The van der Waals surface area contributed by atoms with E-state index in [1.165, 1.54) is 283 Å². The number of aliphatic hydroxyl groups is 2. The Labute approximate surface area is 468 Å². The summed E-state index contributed by atoms with van der Waals surface area (Å²) in [7, 11) is 0. The number of nitrogens with one attached hydrogen (secondary N) is 1. The van der Waals surface area contributed by atoms with E-state index in [4.69, 9.17) is 4.74 Å². The topological polar surface area (TPSA) is 95.9 Å². The number of ether oxygens (including phenoxy) is 1. The van der Waals surface area contributed by atoms with Crippen LogP contribution in [0.25, 0.3) is 0 Å². The van der Waals surface area contributed by atoms with Gasteiger partial charge in [-0.05, 0) is 83.5 Å². The van der Waals surface area contributed by atoms with Gasteiger partial charge in [-0.25, -0.2) is 0 Å². The quantitative estimate of drug-likeness (QED) is 0.0320. The molecular weight excluding hydrogens is 923 g/mol. The lowest BCUT2D eigenvalue weighted by molar-refractivity contribution is -0.143. The summed E-state index contributed by atoms with van der Waals surface area (Å²) in [5.41, 5.74) is 0. The summed E-state index contributed by atoms with van der Waals surface area (Å²) in [6.07, 6.45) is 81.8. The molecule has 1 amide bonds. The molecule has 0 bridgehead atoms. The van der Waals surface area contributed by atoms with Gasteiger partial charge in [-0.3, -0.25) is 9.59 Å². The number of carbonyl (C=O) groups is 2. The molecular formula is C69H131NO5. The molecule has 0 aliphatic heterocycles. The highest BCUT2D eigenvalue weighted by atomic mass is 16.5. The Hall–Kier alpha value is -1.92. The smallest absolute Gasteiger partial charge is 0.305 e. The van der Waals surface area contributed by atoms with Crippen molar-refractivity contribution >= 4 is 11.9 Å². The van der Waals surface area contributed by atoms with Crippen LogP contribution in [0.2, 0.25) is 0 Å². The zero-order valence-electron chi connectivity index (χ0n) is 50.5. The summed E-state index contributed by atoms with van der Waals surface area (Å²) in [6, 6.07) is -0.542. The van der Waals surface area contributed by atoms with Crippen molar-refractivity contribution in [1.82, 2.24) is 5.32 Å². The van der Waals surface area contributed by atoms with E-state index < -0.39 is 12.1 Å². The van der Waals surface area contributed by atoms with Crippen LogP contribution < -0.4 is 5.32 Å². The summed E-state index contributed by atoms with van der Waals surface area (Å²) in [5, 5.41) is 23.3. The van der Waals surface area contributed by atoms with E-state index in [9.17, 15) is 19.8 Å². The maximum Gasteiger partial charge on any atom is 0.305 e. The molecule has 0 heterocycles. The molecule has 0 spiro atoms. The van der Waals surface area contributed by atoms with Crippen LogP contribution >= 0.6 is 0 Å². The molecule has 6 heteroatoms. The normalized spacial score (nSPS) is 12.7. The molecule has 0 fully saturated rings. The van der Waals surface area contributed by atoms with Crippen LogP contribution in [0.3, 0.4) is 0 Å². The molecule has 0 saturated heterocycles. The molecule has 0 aromatic rings. The zero-order chi connectivity index (χ0) is 54.3. The summed E-state index contributed by atoms with van der Waals surface area (Å²) < 4.78 is 5.48. The van der Waals surface area contributed by atoms with Crippen LogP contribution in [0, 0.1) is 0 Å². The number of aliphatic hydroxyl groups excluding tert-OH is 2. The highest BCUT2D eigenvalue weighted by Crippen LogP contribution is 2.18. The van der Waals surface area contributed by atoms with Crippen LogP contribution in [-0.2, 0) is 14.3 Å². The van der Waals surface area contributed by atoms with Crippen molar-refractivity contribution in [2.75, 3.05) is 13.2 Å². The molecule has 2 atom stereocenters. The van der Waals surface area contributed by atoms with Crippen molar-refractivity contribution in [3.63, 3.8) is 0 Å². The van der Waals surface area contributed by atoms with Crippen molar-refractivity contribution in [2.45, 2.75) is 379 Å². The summed E-state index contributed by atoms with van der Waals surface area (Å²) >= 11 is 0. The monoisotopic (exact) mass is 1050 g/mol. The number of amides is 1. The van der Waals surface area contributed by atoms with Crippen molar-refractivity contribution in [3.8, 4) is 0 Å². The van der Waals surface area contributed by atoms with E-state index in [0.717, 1.165) is 51.4 Å². The van der Waals surface area contributed by atoms with Crippen LogP contribution in [0.1, 0.15) is 367 Å². The number of carbonyl (C=O) groups excluding carboxylic acids is 2. The third kappa shape index (κ3) is 61.2. The average molecular weight is 1050 g/mol. The Bertz CT molecular complexity index is 1210. The van der Waals surface area contributed by atoms with Gasteiger partial charge in [-0.2, -0.15) is 0 Å². The van der Waals surface area contributed by atoms with Gasteiger partial charge in [-0.15, -0.1) is 0 Å². The Morgan fingerprint density at radius 2 is 0.667 bits per heavy atom. The molecule has 3 N–H and O–H groups in total. The fraction of sp³-hybridized carbons (Fsp3) is 0.884.